The summed E-state index contributed by atoms with van der Waals surface area (Å²) in [7, 11) is 0. The lowest BCUT2D eigenvalue weighted by Crippen LogP contribution is -2.32. The Morgan fingerprint density at radius 3 is 2.17 bits per heavy atom. The van der Waals surface area contributed by atoms with Gasteiger partial charge in [-0.3, -0.25) is 0 Å². The predicted molar refractivity (Wildman–Crippen MR) is 76.1 cm³/mol. The Labute approximate surface area is 111 Å². The number of rotatable bonds is 7. The molecule has 2 heteroatoms. The zero-order valence-corrected chi connectivity index (χ0v) is 12.0. The first kappa shape index (κ1) is 15.2. The lowest BCUT2D eigenvalue weighted by molar-refractivity contribution is 0.359. The van der Waals surface area contributed by atoms with Crippen LogP contribution in [0.3, 0.4) is 0 Å². The highest BCUT2D eigenvalue weighted by molar-refractivity contribution is 5.19. The summed E-state index contributed by atoms with van der Waals surface area (Å²) in [5.74, 6) is 0.584. The van der Waals surface area contributed by atoms with Crippen molar-refractivity contribution in [2.24, 2.45) is 5.92 Å². The molecule has 0 fully saturated rings. The van der Waals surface area contributed by atoms with Gasteiger partial charge in [-0.1, -0.05) is 39.3 Å². The predicted octanol–water partition coefficient (Wildman–Crippen LogP) is 4.69. The molecule has 0 amide bonds. The Morgan fingerprint density at radius 1 is 1.06 bits per heavy atom. The van der Waals surface area contributed by atoms with Crippen molar-refractivity contribution >= 4 is 0 Å². The first-order chi connectivity index (χ1) is 8.56. The molecule has 0 aliphatic rings. The lowest BCUT2D eigenvalue weighted by atomic mass is 9.96. The van der Waals surface area contributed by atoms with Crippen molar-refractivity contribution in [1.29, 1.82) is 0 Å². The van der Waals surface area contributed by atoms with Crippen molar-refractivity contribution in [1.82, 2.24) is 5.32 Å². The molecule has 1 aromatic rings. The van der Waals surface area contributed by atoms with E-state index in [2.05, 4.69) is 33.0 Å². The molecular weight excluding hydrogens is 225 g/mol. The summed E-state index contributed by atoms with van der Waals surface area (Å²) in [5.41, 5.74) is 1.15. The zero-order chi connectivity index (χ0) is 13.5. The van der Waals surface area contributed by atoms with Gasteiger partial charge in [0.2, 0.25) is 0 Å². The standard InChI is InChI=1S/C16H26FN/c1-5-12(3)11-16(6-2)18-13(4)14-7-9-15(17)10-8-14/h7-10,12-13,16,18H,5-6,11H2,1-4H3/t12?,13-,16?/m1/s1. The largest absolute Gasteiger partial charge is 0.307 e. The number of hydrogen-bond donors (Lipinski definition) is 1. The highest BCUT2D eigenvalue weighted by Gasteiger charge is 2.14. The van der Waals surface area contributed by atoms with Gasteiger partial charge in [-0.05, 0) is 43.4 Å². The van der Waals surface area contributed by atoms with Gasteiger partial charge in [-0.15, -0.1) is 0 Å². The van der Waals surface area contributed by atoms with Gasteiger partial charge in [0, 0.05) is 12.1 Å². The summed E-state index contributed by atoms with van der Waals surface area (Å²) in [5, 5.41) is 3.65. The van der Waals surface area contributed by atoms with Gasteiger partial charge in [0.05, 0.1) is 0 Å². The van der Waals surface area contributed by atoms with Crippen LogP contribution in [0.15, 0.2) is 24.3 Å². The van der Waals surface area contributed by atoms with E-state index in [9.17, 15) is 4.39 Å². The summed E-state index contributed by atoms with van der Waals surface area (Å²) >= 11 is 0. The third-order valence-electron chi connectivity index (χ3n) is 3.73. The van der Waals surface area contributed by atoms with Gasteiger partial charge in [-0.2, -0.15) is 0 Å². The second kappa shape index (κ2) is 7.52. The Morgan fingerprint density at radius 2 is 1.67 bits per heavy atom. The molecule has 0 saturated heterocycles. The fraction of sp³-hybridized carbons (Fsp3) is 0.625. The molecule has 0 saturated carbocycles. The molecule has 0 aliphatic carbocycles. The van der Waals surface area contributed by atoms with Crippen LogP contribution in [0, 0.1) is 11.7 Å². The average Bonchev–Trinajstić information content (AvgIpc) is 2.38. The average molecular weight is 251 g/mol. The highest BCUT2D eigenvalue weighted by atomic mass is 19.1. The zero-order valence-electron chi connectivity index (χ0n) is 12.0. The summed E-state index contributed by atoms with van der Waals surface area (Å²) in [4.78, 5) is 0. The molecule has 1 nitrogen and oxygen atoms in total. The molecule has 0 aromatic heterocycles. The fourth-order valence-corrected chi connectivity index (χ4v) is 2.21. The minimum absolute atomic E-state index is 0.169. The molecule has 0 heterocycles. The van der Waals surface area contributed by atoms with E-state index < -0.39 is 0 Å². The van der Waals surface area contributed by atoms with Gasteiger partial charge in [0.1, 0.15) is 5.82 Å². The van der Waals surface area contributed by atoms with E-state index in [4.69, 9.17) is 0 Å². The van der Waals surface area contributed by atoms with Gasteiger partial charge in [0.25, 0.3) is 0 Å². The number of nitrogens with one attached hydrogen (secondary N) is 1. The van der Waals surface area contributed by atoms with Crippen LogP contribution in [-0.4, -0.2) is 6.04 Å². The third-order valence-corrected chi connectivity index (χ3v) is 3.73. The summed E-state index contributed by atoms with van der Waals surface area (Å²) in [6, 6.07) is 7.61. The maximum atomic E-state index is 12.9. The molecule has 3 atom stereocenters. The second-order valence-corrected chi connectivity index (χ2v) is 5.29. The van der Waals surface area contributed by atoms with Gasteiger partial charge in [0.15, 0.2) is 0 Å². The molecule has 0 aliphatic heterocycles. The maximum absolute atomic E-state index is 12.9. The van der Waals surface area contributed by atoms with Crippen molar-refractivity contribution in [3.63, 3.8) is 0 Å². The van der Waals surface area contributed by atoms with E-state index in [1.165, 1.54) is 25.0 Å². The fourth-order valence-electron chi connectivity index (χ4n) is 2.21. The van der Waals surface area contributed by atoms with Crippen LogP contribution in [0.1, 0.15) is 58.6 Å². The second-order valence-electron chi connectivity index (χ2n) is 5.29. The highest BCUT2D eigenvalue weighted by Crippen LogP contribution is 2.18. The van der Waals surface area contributed by atoms with Crippen LogP contribution in [0.4, 0.5) is 4.39 Å². The van der Waals surface area contributed by atoms with Crippen LogP contribution in [0.2, 0.25) is 0 Å². The SMILES string of the molecule is CCC(C)CC(CC)N[C@H](C)c1ccc(F)cc1. The lowest BCUT2D eigenvalue weighted by Gasteiger charge is -2.25. The van der Waals surface area contributed by atoms with E-state index in [1.807, 2.05) is 12.1 Å². The Balaban J connectivity index is 2.56. The summed E-state index contributed by atoms with van der Waals surface area (Å²) in [6.07, 6.45) is 3.57. The number of halogens is 1. The van der Waals surface area contributed by atoms with Crippen LogP contribution in [0.25, 0.3) is 0 Å². The minimum Gasteiger partial charge on any atom is -0.307 e. The molecule has 1 N–H and O–H groups in total. The molecule has 0 radical (unpaired) electrons. The normalized spacial score (nSPS) is 16.3. The van der Waals surface area contributed by atoms with Crippen LogP contribution >= 0.6 is 0 Å². The van der Waals surface area contributed by atoms with Gasteiger partial charge < -0.3 is 5.32 Å². The molecule has 102 valence electrons. The van der Waals surface area contributed by atoms with Crippen molar-refractivity contribution < 1.29 is 4.39 Å². The quantitative estimate of drug-likeness (QED) is 0.741. The number of benzene rings is 1. The van der Waals surface area contributed by atoms with E-state index >= 15 is 0 Å². The van der Waals surface area contributed by atoms with Crippen LogP contribution < -0.4 is 5.32 Å². The summed E-state index contributed by atoms with van der Waals surface area (Å²) < 4.78 is 12.9. The molecular formula is C16H26FN. The molecule has 0 spiro atoms. The van der Waals surface area contributed by atoms with Crippen molar-refractivity contribution in [3.05, 3.63) is 35.6 Å². The van der Waals surface area contributed by atoms with Crippen molar-refractivity contribution in [2.75, 3.05) is 0 Å². The first-order valence-electron chi connectivity index (χ1n) is 7.08. The first-order valence-corrected chi connectivity index (χ1v) is 7.08. The topological polar surface area (TPSA) is 12.0 Å². The monoisotopic (exact) mass is 251 g/mol. The molecule has 1 rings (SSSR count). The molecule has 2 unspecified atom stereocenters. The number of hydrogen-bond acceptors (Lipinski definition) is 1. The van der Waals surface area contributed by atoms with Crippen LogP contribution in [-0.2, 0) is 0 Å². The molecule has 1 aromatic carbocycles. The van der Waals surface area contributed by atoms with E-state index in [1.54, 1.807) is 0 Å². The van der Waals surface area contributed by atoms with E-state index in [0.717, 1.165) is 17.9 Å². The van der Waals surface area contributed by atoms with E-state index in [-0.39, 0.29) is 11.9 Å². The van der Waals surface area contributed by atoms with Crippen molar-refractivity contribution in [2.45, 2.75) is 59.0 Å². The Kier molecular flexibility index (Phi) is 6.34. The van der Waals surface area contributed by atoms with Crippen molar-refractivity contribution in [3.8, 4) is 0 Å². The molecule has 0 bridgehead atoms. The van der Waals surface area contributed by atoms with Gasteiger partial charge >= 0.3 is 0 Å². The van der Waals surface area contributed by atoms with E-state index in [0.29, 0.717) is 6.04 Å². The Hall–Kier alpha value is -0.890. The summed E-state index contributed by atoms with van der Waals surface area (Å²) in [6.45, 7) is 8.90. The maximum Gasteiger partial charge on any atom is 0.123 e. The van der Waals surface area contributed by atoms with Crippen LogP contribution in [0.5, 0.6) is 0 Å². The minimum atomic E-state index is -0.169. The molecule has 18 heavy (non-hydrogen) atoms. The third kappa shape index (κ3) is 4.77. The Bertz CT molecular complexity index is 333. The smallest absolute Gasteiger partial charge is 0.123 e. The van der Waals surface area contributed by atoms with Gasteiger partial charge in [-0.25, -0.2) is 4.39 Å².